The number of halogens is 2. The van der Waals surface area contributed by atoms with Crippen LogP contribution in [0.2, 0.25) is 0 Å². The molecule has 92 valence electrons. The van der Waals surface area contributed by atoms with Crippen molar-refractivity contribution in [2.75, 3.05) is 0 Å². The predicted molar refractivity (Wildman–Crippen MR) is 60.6 cm³/mol. The van der Waals surface area contributed by atoms with Crippen LogP contribution in [0.3, 0.4) is 0 Å². The van der Waals surface area contributed by atoms with Gasteiger partial charge in [-0.1, -0.05) is 6.42 Å². The molecule has 3 N–H and O–H groups in total. The van der Waals surface area contributed by atoms with Crippen LogP contribution in [0.4, 0.5) is 4.39 Å². The Labute approximate surface area is 105 Å². The van der Waals surface area contributed by atoms with Crippen molar-refractivity contribution in [3.63, 3.8) is 0 Å². The molecule has 0 amide bonds. The Kier molecular flexibility index (Phi) is 2.77. The minimum atomic E-state index is -1.21. The van der Waals surface area contributed by atoms with E-state index in [9.17, 15) is 24.5 Å². The summed E-state index contributed by atoms with van der Waals surface area (Å²) in [4.78, 5) is 11.3. The van der Waals surface area contributed by atoms with E-state index in [0.29, 0.717) is 12.8 Å². The largest absolute Gasteiger partial charge is 0.504 e. The number of phenols is 2. The SMILES string of the molecule is O=C(O)C1(c2cc(Br)c(F)c(O)c2O)CCC1. The minimum absolute atomic E-state index is 0.0574. The lowest BCUT2D eigenvalue weighted by atomic mass is 9.64. The molecule has 1 aliphatic carbocycles. The quantitative estimate of drug-likeness (QED) is 0.734. The van der Waals surface area contributed by atoms with E-state index in [0.717, 1.165) is 6.42 Å². The highest BCUT2D eigenvalue weighted by atomic mass is 79.9. The highest BCUT2D eigenvalue weighted by Crippen LogP contribution is 2.51. The van der Waals surface area contributed by atoms with E-state index in [-0.39, 0.29) is 10.0 Å². The first-order chi connectivity index (χ1) is 7.90. The van der Waals surface area contributed by atoms with Crippen LogP contribution in [0.5, 0.6) is 11.5 Å². The molecule has 1 aromatic carbocycles. The topological polar surface area (TPSA) is 77.8 Å². The van der Waals surface area contributed by atoms with E-state index in [4.69, 9.17) is 0 Å². The van der Waals surface area contributed by atoms with E-state index in [1.54, 1.807) is 0 Å². The molecule has 6 heteroatoms. The smallest absolute Gasteiger partial charge is 0.314 e. The molecule has 0 bridgehead atoms. The van der Waals surface area contributed by atoms with Gasteiger partial charge in [-0.25, -0.2) is 4.39 Å². The molecule has 0 saturated heterocycles. The van der Waals surface area contributed by atoms with Crippen LogP contribution < -0.4 is 0 Å². The van der Waals surface area contributed by atoms with Crippen LogP contribution >= 0.6 is 15.9 Å². The Bertz CT molecular complexity index is 497. The second-order valence-electron chi connectivity index (χ2n) is 4.16. The number of carboxylic acids is 1. The highest BCUT2D eigenvalue weighted by molar-refractivity contribution is 9.10. The van der Waals surface area contributed by atoms with Crippen LogP contribution in [0, 0.1) is 5.82 Å². The number of phenolic OH excluding ortho intramolecular Hbond substituents is 2. The van der Waals surface area contributed by atoms with Crippen LogP contribution in [-0.4, -0.2) is 21.3 Å². The molecule has 0 atom stereocenters. The second kappa shape index (κ2) is 3.87. The molecular weight excluding hydrogens is 295 g/mol. The van der Waals surface area contributed by atoms with Crippen LogP contribution in [0.15, 0.2) is 10.5 Å². The molecule has 1 fully saturated rings. The lowest BCUT2D eigenvalue weighted by molar-refractivity contribution is -0.147. The number of carboxylic acid groups (broad SMARTS) is 1. The molecule has 0 unspecified atom stereocenters. The molecular formula is C11H10BrFO4. The van der Waals surface area contributed by atoms with E-state index in [1.165, 1.54) is 6.07 Å². The molecule has 1 aromatic rings. The summed E-state index contributed by atoms with van der Waals surface area (Å²) in [6.45, 7) is 0. The van der Waals surface area contributed by atoms with Gasteiger partial charge in [-0.15, -0.1) is 0 Å². The van der Waals surface area contributed by atoms with Gasteiger partial charge in [0.25, 0.3) is 0 Å². The summed E-state index contributed by atoms with van der Waals surface area (Å²) in [6.07, 6.45) is 1.46. The number of hydrogen-bond donors (Lipinski definition) is 3. The molecule has 1 aliphatic rings. The van der Waals surface area contributed by atoms with Gasteiger partial charge in [0.05, 0.1) is 9.89 Å². The molecule has 0 aromatic heterocycles. The number of benzene rings is 1. The average Bonchev–Trinajstić information content (AvgIpc) is 2.20. The first-order valence-electron chi connectivity index (χ1n) is 5.04. The summed E-state index contributed by atoms with van der Waals surface area (Å²) in [5, 5.41) is 28.3. The Hall–Kier alpha value is -1.30. The van der Waals surface area contributed by atoms with Crippen molar-refractivity contribution in [1.82, 2.24) is 0 Å². The van der Waals surface area contributed by atoms with Crippen molar-refractivity contribution in [3.05, 3.63) is 21.9 Å². The third-order valence-electron chi connectivity index (χ3n) is 3.30. The zero-order valence-electron chi connectivity index (χ0n) is 8.70. The van der Waals surface area contributed by atoms with E-state index in [1.807, 2.05) is 0 Å². The Morgan fingerprint density at radius 2 is 1.94 bits per heavy atom. The maximum atomic E-state index is 13.3. The van der Waals surface area contributed by atoms with Crippen molar-refractivity contribution in [1.29, 1.82) is 0 Å². The third kappa shape index (κ3) is 1.58. The number of aliphatic carboxylic acids is 1. The third-order valence-corrected chi connectivity index (χ3v) is 3.88. The fourth-order valence-electron chi connectivity index (χ4n) is 2.10. The van der Waals surface area contributed by atoms with Gasteiger partial charge in [0.2, 0.25) is 0 Å². The molecule has 2 rings (SSSR count). The molecule has 17 heavy (non-hydrogen) atoms. The van der Waals surface area contributed by atoms with E-state index < -0.39 is 28.7 Å². The second-order valence-corrected chi connectivity index (χ2v) is 5.01. The van der Waals surface area contributed by atoms with E-state index >= 15 is 0 Å². The minimum Gasteiger partial charge on any atom is -0.504 e. The Morgan fingerprint density at radius 3 is 2.35 bits per heavy atom. The van der Waals surface area contributed by atoms with Crippen molar-refractivity contribution in [3.8, 4) is 11.5 Å². The number of aromatic hydroxyl groups is 2. The fraction of sp³-hybridized carbons (Fsp3) is 0.364. The van der Waals surface area contributed by atoms with Crippen molar-refractivity contribution in [2.45, 2.75) is 24.7 Å². The maximum absolute atomic E-state index is 13.3. The normalized spacial score (nSPS) is 17.5. The number of carbonyl (C=O) groups is 1. The summed E-state index contributed by atoms with van der Waals surface area (Å²) in [5.41, 5.74) is -1.15. The molecule has 0 radical (unpaired) electrons. The standard InChI is InChI=1S/C11H10BrFO4/c12-6-4-5(8(14)9(15)7(6)13)11(10(16)17)2-1-3-11/h4,14-15H,1-3H2,(H,16,17). The first-order valence-corrected chi connectivity index (χ1v) is 5.83. The highest BCUT2D eigenvalue weighted by Gasteiger charge is 2.48. The summed E-state index contributed by atoms with van der Waals surface area (Å²) < 4.78 is 13.2. The van der Waals surface area contributed by atoms with Gasteiger partial charge in [-0.05, 0) is 34.8 Å². The van der Waals surface area contributed by atoms with Gasteiger partial charge in [0.15, 0.2) is 17.3 Å². The van der Waals surface area contributed by atoms with Crippen LogP contribution in [-0.2, 0) is 10.2 Å². The summed E-state index contributed by atoms with van der Waals surface area (Å²) in [6, 6.07) is 1.22. The Balaban J connectivity index is 2.64. The van der Waals surface area contributed by atoms with Crippen molar-refractivity contribution < 1.29 is 24.5 Å². The zero-order chi connectivity index (χ0) is 12.8. The summed E-state index contributed by atoms with van der Waals surface area (Å²) >= 11 is 2.89. The lowest BCUT2D eigenvalue weighted by Gasteiger charge is -2.38. The van der Waals surface area contributed by atoms with Gasteiger partial charge in [0, 0.05) is 5.56 Å². The van der Waals surface area contributed by atoms with Gasteiger partial charge in [-0.3, -0.25) is 4.79 Å². The first kappa shape index (κ1) is 12.2. The maximum Gasteiger partial charge on any atom is 0.314 e. The number of rotatable bonds is 2. The monoisotopic (exact) mass is 304 g/mol. The predicted octanol–water partition coefficient (Wildman–Crippen LogP) is 2.51. The lowest BCUT2D eigenvalue weighted by Crippen LogP contribution is -2.42. The molecule has 1 saturated carbocycles. The Morgan fingerprint density at radius 1 is 1.35 bits per heavy atom. The van der Waals surface area contributed by atoms with Crippen molar-refractivity contribution >= 4 is 21.9 Å². The van der Waals surface area contributed by atoms with Gasteiger partial charge in [-0.2, -0.15) is 0 Å². The molecule has 0 spiro atoms. The van der Waals surface area contributed by atoms with E-state index in [2.05, 4.69) is 15.9 Å². The molecule has 4 nitrogen and oxygen atoms in total. The van der Waals surface area contributed by atoms with Gasteiger partial charge >= 0.3 is 5.97 Å². The van der Waals surface area contributed by atoms with Gasteiger partial charge < -0.3 is 15.3 Å². The number of hydrogen-bond acceptors (Lipinski definition) is 3. The summed E-state index contributed by atoms with van der Waals surface area (Å²) in [7, 11) is 0. The van der Waals surface area contributed by atoms with Gasteiger partial charge in [0.1, 0.15) is 0 Å². The molecule has 0 aliphatic heterocycles. The fourth-order valence-corrected chi connectivity index (χ4v) is 2.51. The summed E-state index contributed by atoms with van der Waals surface area (Å²) in [5.74, 6) is -3.67. The molecule has 0 heterocycles. The van der Waals surface area contributed by atoms with Crippen molar-refractivity contribution in [2.24, 2.45) is 0 Å². The van der Waals surface area contributed by atoms with Crippen LogP contribution in [0.25, 0.3) is 0 Å². The van der Waals surface area contributed by atoms with Crippen LogP contribution in [0.1, 0.15) is 24.8 Å². The average molecular weight is 305 g/mol. The zero-order valence-corrected chi connectivity index (χ0v) is 10.3.